The molecule has 5 rings (SSSR count). The number of nitrogens with one attached hydrogen (secondary N) is 3. The highest BCUT2D eigenvalue weighted by atomic mass is 32.2. The van der Waals surface area contributed by atoms with Crippen molar-refractivity contribution in [3.63, 3.8) is 0 Å². The zero-order chi connectivity index (χ0) is 20.5. The van der Waals surface area contributed by atoms with Gasteiger partial charge in [0, 0.05) is 24.5 Å². The van der Waals surface area contributed by atoms with Gasteiger partial charge in [-0.1, -0.05) is 36.4 Å². The molecule has 3 heterocycles. The predicted molar refractivity (Wildman–Crippen MR) is 119 cm³/mol. The van der Waals surface area contributed by atoms with Crippen LogP contribution in [0.4, 0.5) is 11.4 Å². The fourth-order valence-electron chi connectivity index (χ4n) is 4.40. The summed E-state index contributed by atoms with van der Waals surface area (Å²) in [7, 11) is 0. The number of benzene rings is 2. The van der Waals surface area contributed by atoms with Gasteiger partial charge >= 0.3 is 0 Å². The number of amides is 2. The first-order valence-corrected chi connectivity index (χ1v) is 11.4. The minimum atomic E-state index is -0.322. The van der Waals surface area contributed by atoms with Crippen LogP contribution in [-0.2, 0) is 16.0 Å². The standard InChI is InChI=1S/C22H25N5O2S/c28-19(26-12-6-8-15-7-4-5-11-18(15)26)14-30-22-24-20-17(13-23-25-20)21(29)27(22)16-9-2-1-3-10-16/h1-5,7,9-11,17,20,22-25H,6,8,12-14H2. The maximum absolute atomic E-state index is 13.2. The summed E-state index contributed by atoms with van der Waals surface area (Å²) in [5.41, 5.74) is 8.97. The number of rotatable bonds is 4. The van der Waals surface area contributed by atoms with E-state index in [1.807, 2.05) is 53.4 Å². The Kier molecular flexibility index (Phi) is 5.47. The Balaban J connectivity index is 1.34. The summed E-state index contributed by atoms with van der Waals surface area (Å²) in [6.07, 6.45) is 1.85. The summed E-state index contributed by atoms with van der Waals surface area (Å²) in [6, 6.07) is 17.8. The molecule has 8 heteroatoms. The zero-order valence-corrected chi connectivity index (χ0v) is 17.4. The predicted octanol–water partition coefficient (Wildman–Crippen LogP) is 1.67. The van der Waals surface area contributed by atoms with Gasteiger partial charge in [-0.05, 0) is 36.6 Å². The van der Waals surface area contributed by atoms with E-state index in [4.69, 9.17) is 0 Å². The lowest BCUT2D eigenvalue weighted by atomic mass is 10.0. The van der Waals surface area contributed by atoms with E-state index in [0.29, 0.717) is 12.3 Å². The molecule has 0 radical (unpaired) electrons. The van der Waals surface area contributed by atoms with Crippen molar-refractivity contribution in [2.45, 2.75) is 24.5 Å². The van der Waals surface area contributed by atoms with E-state index in [1.54, 1.807) is 4.90 Å². The number of aryl methyl sites for hydroxylation is 1. The van der Waals surface area contributed by atoms with Crippen LogP contribution < -0.4 is 26.0 Å². The van der Waals surface area contributed by atoms with E-state index in [0.717, 1.165) is 30.8 Å². The number of hydrogen-bond acceptors (Lipinski definition) is 6. The van der Waals surface area contributed by atoms with Crippen molar-refractivity contribution in [3.05, 3.63) is 60.2 Å². The molecule has 3 unspecified atom stereocenters. The number of thioether (sulfide) groups is 1. The molecule has 30 heavy (non-hydrogen) atoms. The number of para-hydroxylation sites is 2. The van der Waals surface area contributed by atoms with Crippen LogP contribution in [0.2, 0.25) is 0 Å². The van der Waals surface area contributed by atoms with Crippen molar-refractivity contribution in [2.75, 3.05) is 28.6 Å². The molecule has 0 aromatic heterocycles. The van der Waals surface area contributed by atoms with Crippen molar-refractivity contribution in [1.29, 1.82) is 0 Å². The van der Waals surface area contributed by atoms with Crippen LogP contribution in [0.5, 0.6) is 0 Å². The SMILES string of the molecule is O=C(CSC1NC2NNCC2C(=O)N1c1ccccc1)N1CCCc2ccccc21. The van der Waals surface area contributed by atoms with E-state index in [2.05, 4.69) is 22.2 Å². The first-order valence-electron chi connectivity index (χ1n) is 10.3. The molecule has 0 saturated carbocycles. The van der Waals surface area contributed by atoms with Gasteiger partial charge in [0.05, 0.1) is 17.8 Å². The molecule has 2 aromatic carbocycles. The summed E-state index contributed by atoms with van der Waals surface area (Å²) >= 11 is 1.46. The first kappa shape index (κ1) is 19.6. The number of carbonyl (C=O) groups excluding carboxylic acids is 2. The summed E-state index contributed by atoms with van der Waals surface area (Å²) in [6.45, 7) is 1.33. The second-order valence-electron chi connectivity index (χ2n) is 7.76. The number of fused-ring (bicyclic) bond motifs is 2. The molecule has 3 aliphatic heterocycles. The average molecular weight is 424 g/mol. The van der Waals surface area contributed by atoms with E-state index in [9.17, 15) is 9.59 Å². The maximum Gasteiger partial charge on any atom is 0.237 e. The van der Waals surface area contributed by atoms with Crippen LogP contribution in [-0.4, -0.2) is 42.3 Å². The summed E-state index contributed by atoms with van der Waals surface area (Å²) < 4.78 is 0. The minimum Gasteiger partial charge on any atom is -0.311 e. The highest BCUT2D eigenvalue weighted by molar-refractivity contribution is 8.00. The van der Waals surface area contributed by atoms with E-state index in [1.165, 1.54) is 17.3 Å². The Morgan fingerprint density at radius 2 is 1.90 bits per heavy atom. The van der Waals surface area contributed by atoms with Gasteiger partial charge in [0.25, 0.3) is 0 Å². The summed E-state index contributed by atoms with van der Waals surface area (Å²) in [5.74, 6) is 0.268. The second-order valence-corrected chi connectivity index (χ2v) is 8.83. The Labute approximate surface area is 180 Å². The van der Waals surface area contributed by atoms with Crippen molar-refractivity contribution < 1.29 is 9.59 Å². The molecule has 2 fully saturated rings. The van der Waals surface area contributed by atoms with Gasteiger partial charge in [0.15, 0.2) is 0 Å². The highest BCUT2D eigenvalue weighted by Crippen LogP contribution is 2.31. The van der Waals surface area contributed by atoms with Crippen molar-refractivity contribution in [2.24, 2.45) is 5.92 Å². The lowest BCUT2D eigenvalue weighted by Gasteiger charge is -2.41. The first-order chi connectivity index (χ1) is 14.7. The van der Waals surface area contributed by atoms with Crippen LogP contribution in [0.1, 0.15) is 12.0 Å². The Hall–Kier alpha value is -2.39. The Morgan fingerprint density at radius 1 is 1.10 bits per heavy atom. The lowest BCUT2D eigenvalue weighted by molar-refractivity contribution is -0.124. The molecule has 2 saturated heterocycles. The summed E-state index contributed by atoms with van der Waals surface area (Å²) in [4.78, 5) is 30.0. The van der Waals surface area contributed by atoms with E-state index < -0.39 is 0 Å². The fraction of sp³-hybridized carbons (Fsp3) is 0.364. The molecule has 0 bridgehead atoms. The molecular formula is C22H25N5O2S. The molecular weight excluding hydrogens is 398 g/mol. The van der Waals surface area contributed by atoms with E-state index >= 15 is 0 Å². The molecule has 156 valence electrons. The topological polar surface area (TPSA) is 76.7 Å². The second kappa shape index (κ2) is 8.39. The van der Waals surface area contributed by atoms with Crippen LogP contribution in [0.25, 0.3) is 0 Å². The molecule has 3 N–H and O–H groups in total. The molecule has 2 aromatic rings. The monoisotopic (exact) mass is 423 g/mol. The highest BCUT2D eigenvalue weighted by Gasteiger charge is 2.45. The summed E-state index contributed by atoms with van der Waals surface area (Å²) in [5, 5.41) is 3.50. The quantitative estimate of drug-likeness (QED) is 0.695. The molecule has 7 nitrogen and oxygen atoms in total. The average Bonchev–Trinajstić information content (AvgIpc) is 3.27. The minimum absolute atomic E-state index is 0.0655. The van der Waals surface area contributed by atoms with Crippen LogP contribution >= 0.6 is 11.8 Å². The molecule has 3 aliphatic rings. The number of nitrogens with zero attached hydrogens (tertiary/aromatic N) is 2. The van der Waals surface area contributed by atoms with Gasteiger partial charge < -0.3 is 4.90 Å². The third-order valence-corrected chi connectivity index (χ3v) is 6.98. The van der Waals surface area contributed by atoms with Crippen molar-refractivity contribution in [3.8, 4) is 0 Å². The number of hydrazine groups is 1. The Morgan fingerprint density at radius 3 is 2.77 bits per heavy atom. The van der Waals surface area contributed by atoms with Gasteiger partial charge in [0.1, 0.15) is 5.50 Å². The molecule has 3 atom stereocenters. The van der Waals surface area contributed by atoms with Gasteiger partial charge in [0.2, 0.25) is 11.8 Å². The van der Waals surface area contributed by atoms with Crippen molar-refractivity contribution >= 4 is 35.0 Å². The largest absolute Gasteiger partial charge is 0.311 e. The lowest BCUT2D eigenvalue weighted by Crippen LogP contribution is -2.64. The number of carbonyl (C=O) groups is 2. The fourth-order valence-corrected chi connectivity index (χ4v) is 5.48. The van der Waals surface area contributed by atoms with Gasteiger partial charge in [-0.15, -0.1) is 11.8 Å². The van der Waals surface area contributed by atoms with Crippen molar-refractivity contribution in [1.82, 2.24) is 16.2 Å². The number of anilines is 2. The van der Waals surface area contributed by atoms with Crippen LogP contribution in [0, 0.1) is 5.92 Å². The van der Waals surface area contributed by atoms with Crippen LogP contribution in [0.3, 0.4) is 0 Å². The van der Waals surface area contributed by atoms with Crippen LogP contribution in [0.15, 0.2) is 54.6 Å². The third-order valence-electron chi connectivity index (χ3n) is 5.90. The van der Waals surface area contributed by atoms with E-state index in [-0.39, 0.29) is 29.4 Å². The molecule has 0 spiro atoms. The normalized spacial score (nSPS) is 25.7. The molecule has 0 aliphatic carbocycles. The zero-order valence-electron chi connectivity index (χ0n) is 16.6. The Bertz CT molecular complexity index is 940. The number of hydrogen-bond donors (Lipinski definition) is 3. The smallest absolute Gasteiger partial charge is 0.237 e. The van der Waals surface area contributed by atoms with Gasteiger partial charge in [-0.2, -0.15) is 0 Å². The third kappa shape index (κ3) is 3.60. The van der Waals surface area contributed by atoms with Gasteiger partial charge in [-0.3, -0.25) is 25.2 Å². The maximum atomic E-state index is 13.2. The van der Waals surface area contributed by atoms with Gasteiger partial charge in [-0.25, -0.2) is 5.43 Å². The molecule has 2 amide bonds.